The van der Waals surface area contributed by atoms with Crippen molar-refractivity contribution in [3.63, 3.8) is 0 Å². The van der Waals surface area contributed by atoms with E-state index in [4.69, 9.17) is 18.9 Å². The lowest BCUT2D eigenvalue weighted by Gasteiger charge is -2.26. The number of benzene rings is 3. The van der Waals surface area contributed by atoms with E-state index in [0.29, 0.717) is 23.7 Å². The Morgan fingerprint density at radius 3 is 2.18 bits per heavy atom. The number of amides is 1. The number of phenols is 1. The van der Waals surface area contributed by atoms with Gasteiger partial charge >= 0.3 is 0 Å². The number of ether oxygens (including phenoxy) is 4. The molecule has 1 amide bonds. The van der Waals surface area contributed by atoms with E-state index in [1.54, 1.807) is 68.6 Å². The quantitative estimate of drug-likeness (QED) is 0.242. The van der Waals surface area contributed by atoms with E-state index < -0.39 is 23.5 Å². The molecule has 9 heteroatoms. The number of aliphatic hydroxyl groups excluding tert-OH is 1. The molecule has 0 radical (unpaired) electrons. The van der Waals surface area contributed by atoms with Crippen LogP contribution in [0, 0.1) is 0 Å². The molecule has 1 aliphatic heterocycles. The molecule has 38 heavy (non-hydrogen) atoms. The van der Waals surface area contributed by atoms with Crippen LogP contribution in [0.25, 0.3) is 5.76 Å². The topological polar surface area (TPSA) is 115 Å². The Hall–Kier alpha value is -4.66. The molecule has 0 saturated carbocycles. The van der Waals surface area contributed by atoms with Crippen LogP contribution in [0.15, 0.2) is 66.2 Å². The summed E-state index contributed by atoms with van der Waals surface area (Å²) in [5.74, 6) is -0.482. The number of phenolic OH excluding ortho intramolecular Hbond substituents is 1. The largest absolute Gasteiger partial charge is 0.507 e. The van der Waals surface area contributed by atoms with Crippen LogP contribution in [0.1, 0.15) is 29.7 Å². The molecule has 1 saturated heterocycles. The van der Waals surface area contributed by atoms with Crippen molar-refractivity contribution >= 4 is 17.4 Å². The minimum atomic E-state index is -0.969. The molecule has 0 spiro atoms. The summed E-state index contributed by atoms with van der Waals surface area (Å²) >= 11 is 0. The van der Waals surface area contributed by atoms with Gasteiger partial charge in [0, 0.05) is 12.6 Å². The van der Waals surface area contributed by atoms with E-state index >= 15 is 0 Å². The summed E-state index contributed by atoms with van der Waals surface area (Å²) in [6.07, 6.45) is 0. The Bertz CT molecular complexity index is 1380. The van der Waals surface area contributed by atoms with Crippen molar-refractivity contribution in [3.8, 4) is 28.7 Å². The minimum Gasteiger partial charge on any atom is -0.507 e. The summed E-state index contributed by atoms with van der Waals surface area (Å²) < 4.78 is 21.4. The van der Waals surface area contributed by atoms with Gasteiger partial charge < -0.3 is 34.1 Å². The predicted octanol–water partition coefficient (Wildman–Crippen LogP) is 4.44. The van der Waals surface area contributed by atoms with Crippen LogP contribution in [-0.4, -0.2) is 54.7 Å². The first kappa shape index (κ1) is 26.4. The second kappa shape index (κ2) is 11.2. The van der Waals surface area contributed by atoms with Gasteiger partial charge in [0.25, 0.3) is 11.7 Å². The number of aromatic hydroxyl groups is 1. The van der Waals surface area contributed by atoms with E-state index in [1.807, 2.05) is 0 Å². The van der Waals surface area contributed by atoms with E-state index in [2.05, 4.69) is 0 Å². The monoisotopic (exact) mass is 519 g/mol. The fraction of sp³-hybridized carbons (Fsp3) is 0.241. The number of likely N-dealkylation sites (tertiary alicyclic amines) is 1. The van der Waals surface area contributed by atoms with Gasteiger partial charge in [-0.15, -0.1) is 0 Å². The highest BCUT2D eigenvalue weighted by molar-refractivity contribution is 6.46. The number of ketones is 1. The number of nitrogens with zero attached hydrogens (tertiary/aromatic N) is 1. The molecular weight excluding hydrogens is 490 g/mol. The number of carbonyl (C=O) groups excluding carboxylic acids is 2. The van der Waals surface area contributed by atoms with Crippen molar-refractivity contribution < 1.29 is 38.7 Å². The number of Topliss-reactive ketones (excluding diaryl/α,β-unsaturated/α-hetero) is 1. The second-order valence-electron chi connectivity index (χ2n) is 8.50. The molecule has 2 N–H and O–H groups in total. The van der Waals surface area contributed by atoms with Crippen LogP contribution < -0.4 is 18.9 Å². The summed E-state index contributed by atoms with van der Waals surface area (Å²) in [6, 6.07) is 15.5. The van der Waals surface area contributed by atoms with Gasteiger partial charge in [-0.1, -0.05) is 18.2 Å². The molecule has 1 unspecified atom stereocenters. The van der Waals surface area contributed by atoms with E-state index in [-0.39, 0.29) is 34.9 Å². The zero-order valence-corrected chi connectivity index (χ0v) is 21.6. The Morgan fingerprint density at radius 1 is 0.868 bits per heavy atom. The minimum absolute atomic E-state index is 0.0838. The Kier molecular flexibility index (Phi) is 7.76. The zero-order valence-electron chi connectivity index (χ0n) is 21.6. The van der Waals surface area contributed by atoms with Crippen LogP contribution in [0.2, 0.25) is 0 Å². The number of carbonyl (C=O) groups is 2. The molecule has 3 aromatic carbocycles. The van der Waals surface area contributed by atoms with Crippen molar-refractivity contribution in [1.29, 1.82) is 0 Å². The maximum Gasteiger partial charge on any atom is 0.295 e. The van der Waals surface area contributed by atoms with Crippen molar-refractivity contribution in [2.75, 3.05) is 27.9 Å². The molecule has 1 heterocycles. The van der Waals surface area contributed by atoms with E-state index in [9.17, 15) is 19.8 Å². The smallest absolute Gasteiger partial charge is 0.295 e. The van der Waals surface area contributed by atoms with Crippen molar-refractivity contribution in [1.82, 2.24) is 4.90 Å². The fourth-order valence-corrected chi connectivity index (χ4v) is 4.43. The van der Waals surface area contributed by atoms with Crippen molar-refractivity contribution in [3.05, 3.63) is 82.9 Å². The lowest BCUT2D eigenvalue weighted by Crippen LogP contribution is -2.29. The van der Waals surface area contributed by atoms with Gasteiger partial charge in [-0.05, 0) is 54.4 Å². The molecule has 0 aromatic heterocycles. The molecule has 9 nitrogen and oxygen atoms in total. The Labute approximate surface area is 220 Å². The summed E-state index contributed by atoms with van der Waals surface area (Å²) in [5.41, 5.74) is 1.35. The molecule has 0 aliphatic carbocycles. The number of hydrogen-bond donors (Lipinski definition) is 2. The van der Waals surface area contributed by atoms with Crippen LogP contribution in [0.4, 0.5) is 0 Å². The van der Waals surface area contributed by atoms with E-state index in [1.165, 1.54) is 25.2 Å². The maximum absolute atomic E-state index is 13.4. The lowest BCUT2D eigenvalue weighted by molar-refractivity contribution is -0.140. The molecule has 1 aliphatic rings. The third-order valence-electron chi connectivity index (χ3n) is 6.32. The van der Waals surface area contributed by atoms with Crippen LogP contribution in [0.3, 0.4) is 0 Å². The van der Waals surface area contributed by atoms with Crippen molar-refractivity contribution in [2.24, 2.45) is 0 Å². The average Bonchev–Trinajstić information content (AvgIpc) is 3.19. The second-order valence-corrected chi connectivity index (χ2v) is 8.50. The molecule has 3 aromatic rings. The van der Waals surface area contributed by atoms with Gasteiger partial charge in [0.1, 0.15) is 23.0 Å². The highest BCUT2D eigenvalue weighted by Gasteiger charge is 2.46. The van der Waals surface area contributed by atoms with Crippen LogP contribution in [-0.2, 0) is 16.1 Å². The van der Waals surface area contributed by atoms with Gasteiger partial charge in [0.2, 0.25) is 0 Å². The maximum atomic E-state index is 13.4. The number of aliphatic hydroxyl groups is 1. The zero-order chi connectivity index (χ0) is 27.4. The summed E-state index contributed by atoms with van der Waals surface area (Å²) in [7, 11) is 4.49. The highest BCUT2D eigenvalue weighted by Crippen LogP contribution is 2.44. The van der Waals surface area contributed by atoms with Crippen LogP contribution >= 0.6 is 0 Å². The predicted molar refractivity (Wildman–Crippen MR) is 140 cm³/mol. The van der Waals surface area contributed by atoms with Gasteiger partial charge in [-0.2, -0.15) is 0 Å². The third kappa shape index (κ3) is 4.95. The average molecular weight is 520 g/mol. The number of methoxy groups -OCH3 is 3. The highest BCUT2D eigenvalue weighted by atomic mass is 16.5. The normalized spacial score (nSPS) is 16.4. The summed E-state index contributed by atoms with van der Waals surface area (Å²) in [5, 5.41) is 21.7. The third-order valence-corrected chi connectivity index (χ3v) is 6.32. The fourth-order valence-electron chi connectivity index (χ4n) is 4.43. The standard InChI is InChI=1S/C29H29NO8/c1-5-38-24-14-18(8-13-22(24)31)26-25(27(32)21-12-11-20(36-3)15-23(21)37-4)28(33)29(34)30(26)16-17-6-9-19(35-2)10-7-17/h6-15,26,31-32H,5,16H2,1-4H3/b27-25+. The van der Waals surface area contributed by atoms with Gasteiger partial charge in [0.05, 0.1) is 45.1 Å². The Morgan fingerprint density at radius 2 is 1.55 bits per heavy atom. The molecule has 1 atom stereocenters. The lowest BCUT2D eigenvalue weighted by atomic mass is 9.94. The number of hydrogen-bond acceptors (Lipinski definition) is 8. The van der Waals surface area contributed by atoms with Gasteiger partial charge in [0.15, 0.2) is 11.5 Å². The van der Waals surface area contributed by atoms with Gasteiger partial charge in [-0.3, -0.25) is 9.59 Å². The SMILES string of the molecule is CCOc1cc(C2/C(=C(\O)c3ccc(OC)cc3OC)C(=O)C(=O)N2Cc2ccc(OC)cc2)ccc1O. The van der Waals surface area contributed by atoms with Crippen LogP contribution in [0.5, 0.6) is 28.7 Å². The first-order valence-corrected chi connectivity index (χ1v) is 11.9. The van der Waals surface area contributed by atoms with Crippen molar-refractivity contribution in [2.45, 2.75) is 19.5 Å². The first-order chi connectivity index (χ1) is 18.3. The van der Waals surface area contributed by atoms with Gasteiger partial charge in [-0.25, -0.2) is 0 Å². The molecule has 1 fully saturated rings. The molecule has 0 bridgehead atoms. The Balaban J connectivity index is 1.89. The summed E-state index contributed by atoms with van der Waals surface area (Å²) in [6.45, 7) is 2.16. The molecular formula is C29H29NO8. The number of rotatable bonds is 9. The first-order valence-electron chi connectivity index (χ1n) is 11.9. The molecule has 4 rings (SSSR count). The van der Waals surface area contributed by atoms with E-state index in [0.717, 1.165) is 5.56 Å². The summed E-state index contributed by atoms with van der Waals surface area (Å²) in [4.78, 5) is 28.2. The molecule has 198 valence electrons.